The summed E-state index contributed by atoms with van der Waals surface area (Å²) in [4.78, 5) is 22.7. The molecule has 0 aromatic rings. The van der Waals surface area contributed by atoms with Gasteiger partial charge in [0.05, 0.1) is 112 Å². The lowest BCUT2D eigenvalue weighted by Gasteiger charge is -2.22. The third kappa shape index (κ3) is 37.1. The van der Waals surface area contributed by atoms with Gasteiger partial charge in [0.15, 0.2) is 0 Å². The Kier molecular flexibility index (Phi) is 42.3. The zero-order valence-electron chi connectivity index (χ0n) is 28.4. The molecule has 0 aromatic heterocycles. The second kappa shape index (κ2) is 41.7. The number of carbonyl (C=O) groups excluding carboxylic acids is 2. The van der Waals surface area contributed by atoms with Crippen LogP contribution in [-0.4, -0.2) is 144 Å². The van der Waals surface area contributed by atoms with E-state index in [0.29, 0.717) is 132 Å². The minimum atomic E-state index is -0.207. The van der Waals surface area contributed by atoms with Crippen molar-refractivity contribution in [2.45, 2.75) is 52.0 Å². The van der Waals surface area contributed by atoms with Crippen molar-refractivity contribution in [3.8, 4) is 0 Å². The van der Waals surface area contributed by atoms with Crippen molar-refractivity contribution < 1.29 is 47.5 Å². The molecule has 0 fully saturated rings. The topological polar surface area (TPSA) is 170 Å². The molecule has 0 aliphatic rings. The normalized spacial score (nSPS) is 11.5. The SMILES string of the molecule is C=C(NCCOCCOCCOCCOCCC=O)C(CCCCN)NC(=O)CCOCCOCCOCCOCCNS.CC. The van der Waals surface area contributed by atoms with E-state index in [2.05, 4.69) is 34.7 Å². The van der Waals surface area contributed by atoms with Crippen molar-refractivity contribution in [3.63, 3.8) is 0 Å². The number of thiol groups is 1. The fourth-order valence-corrected chi connectivity index (χ4v) is 3.53. The number of carbonyl (C=O) groups is 2. The summed E-state index contributed by atoms with van der Waals surface area (Å²) < 4.78 is 46.1. The van der Waals surface area contributed by atoms with E-state index in [1.54, 1.807) is 0 Å². The van der Waals surface area contributed by atoms with Crippen LogP contribution in [-0.2, 0) is 47.5 Å². The van der Waals surface area contributed by atoms with Crippen LogP contribution in [0.2, 0.25) is 0 Å². The van der Waals surface area contributed by atoms with Crippen LogP contribution in [0.3, 0.4) is 0 Å². The van der Waals surface area contributed by atoms with Gasteiger partial charge in [0.25, 0.3) is 0 Å². The van der Waals surface area contributed by atoms with Crippen LogP contribution in [0.4, 0.5) is 0 Å². The molecule has 0 aromatic carbocycles. The molecule has 14 nitrogen and oxygen atoms in total. The molecule has 0 spiro atoms. The average molecular weight is 685 g/mol. The molecule has 5 N–H and O–H groups in total. The van der Waals surface area contributed by atoms with E-state index in [-0.39, 0.29) is 18.4 Å². The minimum Gasteiger partial charge on any atom is -0.385 e. The third-order valence-corrected chi connectivity index (χ3v) is 5.97. The van der Waals surface area contributed by atoms with Gasteiger partial charge < -0.3 is 59.1 Å². The zero-order chi connectivity index (χ0) is 34.2. The quantitative estimate of drug-likeness (QED) is 0.0361. The van der Waals surface area contributed by atoms with E-state index in [9.17, 15) is 9.59 Å². The first-order valence-corrected chi connectivity index (χ1v) is 16.9. The highest BCUT2D eigenvalue weighted by molar-refractivity contribution is 7.78. The monoisotopic (exact) mass is 684 g/mol. The van der Waals surface area contributed by atoms with Gasteiger partial charge in [0, 0.05) is 31.6 Å². The van der Waals surface area contributed by atoms with Gasteiger partial charge in [-0.15, -0.1) is 0 Å². The Hall–Kier alpha value is -1.37. The van der Waals surface area contributed by atoms with Crippen LogP contribution in [0.1, 0.15) is 46.0 Å². The number of ether oxygens (including phenoxy) is 8. The summed E-state index contributed by atoms with van der Waals surface area (Å²) in [6.45, 7) is 17.4. The van der Waals surface area contributed by atoms with Crippen molar-refractivity contribution in [2.75, 3.05) is 125 Å². The number of hydrogen-bond donors (Lipinski definition) is 5. The van der Waals surface area contributed by atoms with Gasteiger partial charge in [0.2, 0.25) is 5.91 Å². The fraction of sp³-hybridized carbons (Fsp3) is 0.871. The van der Waals surface area contributed by atoms with Crippen molar-refractivity contribution >= 4 is 25.0 Å². The predicted molar refractivity (Wildman–Crippen MR) is 182 cm³/mol. The molecule has 0 bridgehead atoms. The molecule has 15 heteroatoms. The molecular formula is C31H64N4O10S. The molecule has 0 radical (unpaired) electrons. The molecule has 274 valence electrons. The Bertz CT molecular complexity index is 656. The molecule has 0 aliphatic heterocycles. The molecule has 1 unspecified atom stereocenters. The number of rotatable bonds is 37. The van der Waals surface area contributed by atoms with Gasteiger partial charge in [-0.05, 0) is 25.8 Å². The molecule has 0 saturated heterocycles. The number of aldehydes is 1. The van der Waals surface area contributed by atoms with E-state index in [4.69, 9.17) is 43.6 Å². The second-order valence-electron chi connectivity index (χ2n) is 9.37. The summed E-state index contributed by atoms with van der Waals surface area (Å²) >= 11 is 3.88. The lowest BCUT2D eigenvalue weighted by molar-refractivity contribution is -0.122. The second-order valence-corrected chi connectivity index (χ2v) is 9.69. The fourth-order valence-electron chi connectivity index (χ4n) is 3.44. The minimum absolute atomic E-state index is 0.102. The Morgan fingerprint density at radius 1 is 0.696 bits per heavy atom. The Morgan fingerprint density at radius 3 is 1.59 bits per heavy atom. The molecular weight excluding hydrogens is 620 g/mol. The lowest BCUT2D eigenvalue weighted by atomic mass is 10.1. The standard InChI is InChI=1S/C29H58N4O10S.C2H6/c1-27(31-8-13-38-17-21-42-25-23-40-19-15-36-11-4-10-34)28(5-2-3-7-30)33-29(35)6-12-37-16-20-41-24-26-43-22-18-39-14-9-32-44;1-2/h10,28,31-32,44H,1-9,11-26,30H2,(H,33,35);1-2H3. The highest BCUT2D eigenvalue weighted by atomic mass is 32.1. The van der Waals surface area contributed by atoms with Crippen LogP contribution in [0, 0.1) is 0 Å². The first-order valence-electron chi connectivity index (χ1n) is 16.5. The first kappa shape index (κ1) is 46.7. The average Bonchev–Trinajstić information content (AvgIpc) is 3.07. The van der Waals surface area contributed by atoms with Gasteiger partial charge in [-0.25, -0.2) is 0 Å². The van der Waals surface area contributed by atoms with Crippen LogP contribution >= 0.6 is 12.8 Å². The summed E-state index contributed by atoms with van der Waals surface area (Å²) in [7, 11) is 0. The van der Waals surface area contributed by atoms with Crippen molar-refractivity contribution in [1.29, 1.82) is 0 Å². The number of unbranched alkanes of at least 4 members (excludes halogenated alkanes) is 1. The van der Waals surface area contributed by atoms with E-state index in [1.807, 2.05) is 13.8 Å². The number of nitrogens with two attached hydrogens (primary N) is 1. The van der Waals surface area contributed by atoms with Crippen molar-refractivity contribution in [3.05, 3.63) is 12.3 Å². The largest absolute Gasteiger partial charge is 0.385 e. The maximum atomic E-state index is 12.5. The first-order chi connectivity index (χ1) is 22.7. The summed E-state index contributed by atoms with van der Waals surface area (Å²) in [5.74, 6) is -0.102. The molecule has 0 heterocycles. The van der Waals surface area contributed by atoms with E-state index in [1.165, 1.54) is 0 Å². The molecule has 1 atom stereocenters. The molecule has 1 amide bonds. The zero-order valence-corrected chi connectivity index (χ0v) is 29.3. The summed E-state index contributed by atoms with van der Waals surface area (Å²) in [6, 6.07) is -0.207. The molecule has 46 heavy (non-hydrogen) atoms. The van der Waals surface area contributed by atoms with Crippen LogP contribution < -0.4 is 21.1 Å². The van der Waals surface area contributed by atoms with Crippen LogP contribution in [0.25, 0.3) is 0 Å². The van der Waals surface area contributed by atoms with Gasteiger partial charge >= 0.3 is 0 Å². The molecule has 0 aliphatic carbocycles. The highest BCUT2D eigenvalue weighted by Crippen LogP contribution is 2.07. The third-order valence-electron chi connectivity index (χ3n) is 5.74. The van der Waals surface area contributed by atoms with Crippen LogP contribution in [0.15, 0.2) is 12.3 Å². The smallest absolute Gasteiger partial charge is 0.222 e. The molecule has 0 saturated carbocycles. The van der Waals surface area contributed by atoms with E-state index in [0.717, 1.165) is 31.2 Å². The Balaban J connectivity index is 0. The summed E-state index contributed by atoms with van der Waals surface area (Å²) in [6.07, 6.45) is 3.97. The Morgan fingerprint density at radius 2 is 1.13 bits per heavy atom. The maximum absolute atomic E-state index is 12.5. The number of amides is 1. The van der Waals surface area contributed by atoms with Crippen LogP contribution in [0.5, 0.6) is 0 Å². The molecule has 0 rings (SSSR count). The van der Waals surface area contributed by atoms with E-state index < -0.39 is 0 Å². The summed E-state index contributed by atoms with van der Waals surface area (Å²) in [5.41, 5.74) is 6.38. The summed E-state index contributed by atoms with van der Waals surface area (Å²) in [5, 5.41) is 6.29. The number of nitrogens with one attached hydrogen (secondary N) is 3. The Labute approximate surface area is 283 Å². The van der Waals surface area contributed by atoms with Gasteiger partial charge in [-0.2, -0.15) is 0 Å². The predicted octanol–water partition coefficient (Wildman–Crippen LogP) is 1.28. The van der Waals surface area contributed by atoms with E-state index >= 15 is 0 Å². The lowest BCUT2D eigenvalue weighted by Crippen LogP contribution is -2.41. The maximum Gasteiger partial charge on any atom is 0.222 e. The van der Waals surface area contributed by atoms with Gasteiger partial charge in [0.1, 0.15) is 6.29 Å². The van der Waals surface area contributed by atoms with Gasteiger partial charge in [-0.1, -0.05) is 33.2 Å². The highest BCUT2D eigenvalue weighted by Gasteiger charge is 2.15. The van der Waals surface area contributed by atoms with Crippen molar-refractivity contribution in [2.24, 2.45) is 5.73 Å². The van der Waals surface area contributed by atoms with Crippen molar-refractivity contribution in [1.82, 2.24) is 15.4 Å². The number of hydrogen-bond acceptors (Lipinski definition) is 14. The van der Waals surface area contributed by atoms with Gasteiger partial charge in [-0.3, -0.25) is 9.52 Å².